The molecule has 4 nitrogen and oxygen atoms in total. The Labute approximate surface area is 120 Å². The molecule has 1 aromatic heterocycles. The summed E-state index contributed by atoms with van der Waals surface area (Å²) in [6.45, 7) is 0.780. The number of fused-ring (bicyclic) bond motifs is 1. The summed E-state index contributed by atoms with van der Waals surface area (Å²) in [5.41, 5.74) is 1.76. The average Bonchev–Trinajstić information content (AvgIpc) is 2.87. The number of anilines is 1. The monoisotopic (exact) mass is 296 g/mol. The number of rotatable bonds is 3. The molecular weight excluding hydrogens is 287 g/mol. The van der Waals surface area contributed by atoms with E-state index in [-0.39, 0.29) is 6.79 Å². The molecule has 1 aliphatic rings. The summed E-state index contributed by atoms with van der Waals surface area (Å²) < 4.78 is 10.6. The standard InChI is InChI=1S/C13H10Cl2N2O2/c14-9-1-2-16-6-11(9)17-5-8-3-10(15)13-12(4-8)18-7-19-13/h1-4,6,17H,5,7H2. The van der Waals surface area contributed by atoms with Crippen molar-refractivity contribution in [2.45, 2.75) is 6.54 Å². The number of aromatic nitrogens is 1. The molecule has 98 valence electrons. The lowest BCUT2D eigenvalue weighted by molar-refractivity contribution is 0.174. The number of halogens is 2. The van der Waals surface area contributed by atoms with E-state index in [9.17, 15) is 0 Å². The van der Waals surface area contributed by atoms with Crippen LogP contribution in [0.3, 0.4) is 0 Å². The van der Waals surface area contributed by atoms with Gasteiger partial charge < -0.3 is 14.8 Å². The van der Waals surface area contributed by atoms with Gasteiger partial charge in [-0.15, -0.1) is 0 Å². The zero-order chi connectivity index (χ0) is 13.2. The third-order valence-electron chi connectivity index (χ3n) is 2.74. The lowest BCUT2D eigenvalue weighted by atomic mass is 10.2. The highest BCUT2D eigenvalue weighted by molar-refractivity contribution is 6.33. The maximum absolute atomic E-state index is 6.12. The first-order valence-electron chi connectivity index (χ1n) is 5.65. The second-order valence-electron chi connectivity index (χ2n) is 4.02. The molecule has 0 saturated carbocycles. The first-order valence-corrected chi connectivity index (χ1v) is 6.41. The van der Waals surface area contributed by atoms with E-state index in [0.29, 0.717) is 28.1 Å². The average molecular weight is 297 g/mol. The molecule has 19 heavy (non-hydrogen) atoms. The van der Waals surface area contributed by atoms with Crippen molar-refractivity contribution in [1.29, 1.82) is 0 Å². The molecule has 0 spiro atoms. The number of nitrogens with zero attached hydrogens (tertiary/aromatic N) is 1. The molecular formula is C13H10Cl2N2O2. The van der Waals surface area contributed by atoms with E-state index in [2.05, 4.69) is 10.3 Å². The zero-order valence-corrected chi connectivity index (χ0v) is 11.3. The zero-order valence-electron chi connectivity index (χ0n) is 9.82. The van der Waals surface area contributed by atoms with E-state index in [1.165, 1.54) is 0 Å². The van der Waals surface area contributed by atoms with Gasteiger partial charge in [-0.25, -0.2) is 0 Å². The van der Waals surface area contributed by atoms with Crippen molar-refractivity contribution in [1.82, 2.24) is 4.98 Å². The van der Waals surface area contributed by atoms with Crippen LogP contribution in [0.15, 0.2) is 30.6 Å². The number of hydrogen-bond acceptors (Lipinski definition) is 4. The first kappa shape index (κ1) is 12.4. The van der Waals surface area contributed by atoms with Crippen LogP contribution in [-0.4, -0.2) is 11.8 Å². The van der Waals surface area contributed by atoms with Gasteiger partial charge in [0, 0.05) is 12.7 Å². The summed E-state index contributed by atoms with van der Waals surface area (Å²) in [7, 11) is 0. The highest BCUT2D eigenvalue weighted by atomic mass is 35.5. The first-order chi connectivity index (χ1) is 9.24. The normalized spacial score (nSPS) is 12.5. The summed E-state index contributed by atoms with van der Waals surface area (Å²) in [6.07, 6.45) is 3.32. The van der Waals surface area contributed by atoms with Crippen molar-refractivity contribution in [3.63, 3.8) is 0 Å². The van der Waals surface area contributed by atoms with E-state index in [4.69, 9.17) is 32.7 Å². The Hall–Kier alpha value is -1.65. The fraction of sp³-hybridized carbons (Fsp3) is 0.154. The van der Waals surface area contributed by atoms with E-state index in [1.807, 2.05) is 12.1 Å². The van der Waals surface area contributed by atoms with Gasteiger partial charge in [-0.2, -0.15) is 0 Å². The van der Waals surface area contributed by atoms with Crippen molar-refractivity contribution in [2.24, 2.45) is 0 Å². The van der Waals surface area contributed by atoms with Gasteiger partial charge in [-0.05, 0) is 23.8 Å². The van der Waals surface area contributed by atoms with Crippen molar-refractivity contribution in [2.75, 3.05) is 12.1 Å². The quantitative estimate of drug-likeness (QED) is 0.937. The van der Waals surface area contributed by atoms with Crippen LogP contribution in [0, 0.1) is 0 Å². The van der Waals surface area contributed by atoms with Gasteiger partial charge in [0.2, 0.25) is 6.79 Å². The Morgan fingerprint density at radius 3 is 2.95 bits per heavy atom. The summed E-state index contributed by atoms with van der Waals surface area (Å²) in [6, 6.07) is 5.47. The fourth-order valence-electron chi connectivity index (χ4n) is 1.83. The van der Waals surface area contributed by atoms with Crippen LogP contribution < -0.4 is 14.8 Å². The van der Waals surface area contributed by atoms with Crippen LogP contribution in [0.25, 0.3) is 0 Å². The number of benzene rings is 1. The van der Waals surface area contributed by atoms with Crippen molar-refractivity contribution >= 4 is 28.9 Å². The Balaban J connectivity index is 1.78. The van der Waals surface area contributed by atoms with Gasteiger partial charge >= 0.3 is 0 Å². The lowest BCUT2D eigenvalue weighted by Gasteiger charge is -2.09. The Morgan fingerprint density at radius 1 is 1.21 bits per heavy atom. The van der Waals surface area contributed by atoms with Crippen LogP contribution >= 0.6 is 23.2 Å². The van der Waals surface area contributed by atoms with Gasteiger partial charge in [0.25, 0.3) is 0 Å². The lowest BCUT2D eigenvalue weighted by Crippen LogP contribution is -2.00. The van der Waals surface area contributed by atoms with Crippen LogP contribution in [0.2, 0.25) is 10.0 Å². The minimum absolute atomic E-state index is 0.209. The molecule has 0 unspecified atom stereocenters. The molecule has 0 aliphatic carbocycles. The Kier molecular flexibility index (Phi) is 3.36. The Bertz CT molecular complexity index is 620. The summed E-state index contributed by atoms with van der Waals surface area (Å²) in [4.78, 5) is 4.02. The van der Waals surface area contributed by atoms with E-state index >= 15 is 0 Å². The SMILES string of the molecule is Clc1ccncc1NCc1cc(Cl)c2c(c1)OCO2. The molecule has 2 heterocycles. The van der Waals surface area contributed by atoms with Crippen molar-refractivity contribution < 1.29 is 9.47 Å². The van der Waals surface area contributed by atoms with Crippen LogP contribution in [-0.2, 0) is 6.54 Å². The molecule has 0 radical (unpaired) electrons. The third kappa shape index (κ3) is 2.55. The van der Waals surface area contributed by atoms with Gasteiger partial charge in [0.15, 0.2) is 11.5 Å². The van der Waals surface area contributed by atoms with E-state index in [1.54, 1.807) is 18.5 Å². The highest BCUT2D eigenvalue weighted by Crippen LogP contribution is 2.39. The third-order valence-corrected chi connectivity index (χ3v) is 3.35. The molecule has 0 fully saturated rings. The molecule has 0 atom stereocenters. The van der Waals surface area contributed by atoms with Crippen LogP contribution in [0.5, 0.6) is 11.5 Å². The molecule has 6 heteroatoms. The number of pyridine rings is 1. The minimum atomic E-state index is 0.209. The smallest absolute Gasteiger partial charge is 0.231 e. The maximum Gasteiger partial charge on any atom is 0.231 e. The summed E-state index contributed by atoms with van der Waals surface area (Å²) in [5.74, 6) is 1.27. The van der Waals surface area contributed by atoms with Gasteiger partial charge in [-0.3, -0.25) is 4.98 Å². The molecule has 1 aromatic carbocycles. The van der Waals surface area contributed by atoms with Crippen molar-refractivity contribution in [3.05, 3.63) is 46.2 Å². The molecule has 1 N–H and O–H groups in total. The molecule has 1 aliphatic heterocycles. The Morgan fingerprint density at radius 2 is 2.11 bits per heavy atom. The number of nitrogens with one attached hydrogen (secondary N) is 1. The predicted molar refractivity (Wildman–Crippen MR) is 74.1 cm³/mol. The summed E-state index contributed by atoms with van der Waals surface area (Å²) >= 11 is 12.2. The highest BCUT2D eigenvalue weighted by Gasteiger charge is 2.18. The molecule has 0 bridgehead atoms. The second-order valence-corrected chi connectivity index (χ2v) is 4.83. The van der Waals surface area contributed by atoms with E-state index in [0.717, 1.165) is 11.3 Å². The topological polar surface area (TPSA) is 43.4 Å². The van der Waals surface area contributed by atoms with Crippen LogP contribution in [0.4, 0.5) is 5.69 Å². The van der Waals surface area contributed by atoms with E-state index < -0.39 is 0 Å². The predicted octanol–water partition coefficient (Wildman–Crippen LogP) is 3.73. The minimum Gasteiger partial charge on any atom is -0.454 e. The summed E-state index contributed by atoms with van der Waals surface area (Å²) in [5, 5.41) is 4.37. The molecule has 3 rings (SSSR count). The molecule has 0 amide bonds. The molecule has 2 aromatic rings. The largest absolute Gasteiger partial charge is 0.454 e. The van der Waals surface area contributed by atoms with Gasteiger partial charge in [-0.1, -0.05) is 23.2 Å². The van der Waals surface area contributed by atoms with Gasteiger partial charge in [0.1, 0.15) is 0 Å². The molecule has 0 saturated heterocycles. The van der Waals surface area contributed by atoms with Gasteiger partial charge in [0.05, 0.1) is 21.9 Å². The number of hydrogen-bond donors (Lipinski definition) is 1. The maximum atomic E-state index is 6.12. The fourth-order valence-corrected chi connectivity index (χ4v) is 2.29. The van der Waals surface area contributed by atoms with Crippen molar-refractivity contribution in [3.8, 4) is 11.5 Å². The second kappa shape index (κ2) is 5.15. The number of ether oxygens (including phenoxy) is 2. The van der Waals surface area contributed by atoms with Crippen LogP contribution in [0.1, 0.15) is 5.56 Å².